The summed E-state index contributed by atoms with van der Waals surface area (Å²) in [4.78, 5) is 12.6. The van der Waals surface area contributed by atoms with Crippen molar-refractivity contribution in [2.24, 2.45) is 10.2 Å². The topological polar surface area (TPSA) is 115 Å². The molecule has 2 N–H and O–H groups in total. The monoisotopic (exact) mass is 351 g/mol. The van der Waals surface area contributed by atoms with E-state index in [2.05, 4.69) is 31.6 Å². The van der Waals surface area contributed by atoms with Gasteiger partial charge in [-0.1, -0.05) is 32.9 Å². The largest absolute Gasteiger partial charge is 0.299 e. The van der Waals surface area contributed by atoms with E-state index in [4.69, 9.17) is 0 Å². The molecule has 8 nitrogen and oxygen atoms in total. The Kier molecular flexibility index (Phi) is 4.47. The lowest BCUT2D eigenvalue weighted by molar-refractivity contribution is 0.565. The van der Waals surface area contributed by atoms with Crippen molar-refractivity contribution >= 4 is 17.2 Å². The molecule has 0 saturated heterocycles. The first kappa shape index (κ1) is 17.6. The summed E-state index contributed by atoms with van der Waals surface area (Å²) in [6, 6.07) is 2.12. The molecule has 1 aliphatic carbocycles. The summed E-state index contributed by atoms with van der Waals surface area (Å²) in [6.07, 6.45) is 7.78. The normalized spacial score (nSPS) is 14.7. The van der Waals surface area contributed by atoms with E-state index in [1.165, 1.54) is 4.68 Å². The summed E-state index contributed by atoms with van der Waals surface area (Å²) in [7, 11) is 0. The van der Waals surface area contributed by atoms with Crippen LogP contribution in [0.1, 0.15) is 50.6 Å². The van der Waals surface area contributed by atoms with Crippen LogP contribution in [0.3, 0.4) is 0 Å². The zero-order chi connectivity index (χ0) is 18.9. The average molecular weight is 351 g/mol. The molecule has 2 heterocycles. The fourth-order valence-electron chi connectivity index (χ4n) is 2.75. The van der Waals surface area contributed by atoms with Gasteiger partial charge in [-0.3, -0.25) is 15.0 Å². The number of aromatic amines is 2. The van der Waals surface area contributed by atoms with E-state index in [9.17, 15) is 10.1 Å². The molecule has 0 fully saturated rings. The number of aromatic nitrogens is 4. The molecule has 8 heteroatoms. The van der Waals surface area contributed by atoms with Gasteiger partial charge >= 0.3 is 0 Å². The minimum absolute atomic E-state index is 0.181. The SMILES string of the molecule is Cc1[nH]n(C2=CCCC=C2)c(=O)c1N=Nc1n[nH]c(C(C)(C)C)c1C#N. The molecule has 0 spiro atoms. The van der Waals surface area contributed by atoms with Gasteiger partial charge in [-0.2, -0.15) is 10.4 Å². The molecule has 0 aromatic carbocycles. The second kappa shape index (κ2) is 6.59. The second-order valence-electron chi connectivity index (χ2n) is 7.19. The zero-order valence-corrected chi connectivity index (χ0v) is 15.3. The maximum atomic E-state index is 12.6. The van der Waals surface area contributed by atoms with Gasteiger partial charge in [0.1, 0.15) is 11.6 Å². The number of nitriles is 1. The van der Waals surface area contributed by atoms with Crippen LogP contribution in [0.25, 0.3) is 5.70 Å². The quantitative estimate of drug-likeness (QED) is 0.815. The molecule has 1 aliphatic rings. The maximum Gasteiger partial charge on any atom is 0.299 e. The van der Waals surface area contributed by atoms with Crippen LogP contribution in [0.2, 0.25) is 0 Å². The Morgan fingerprint density at radius 1 is 1.31 bits per heavy atom. The van der Waals surface area contributed by atoms with E-state index in [1.54, 1.807) is 6.92 Å². The molecule has 2 aromatic rings. The van der Waals surface area contributed by atoms with E-state index in [0.29, 0.717) is 17.0 Å². The van der Waals surface area contributed by atoms with Crippen LogP contribution in [0.5, 0.6) is 0 Å². The van der Waals surface area contributed by atoms with Crippen LogP contribution in [0.4, 0.5) is 11.5 Å². The molecule has 0 radical (unpaired) electrons. The number of allylic oxidation sites excluding steroid dienone is 4. The van der Waals surface area contributed by atoms with Crippen LogP contribution in [-0.2, 0) is 5.41 Å². The molecular weight excluding hydrogens is 330 g/mol. The summed E-state index contributed by atoms with van der Waals surface area (Å²) in [5.41, 5.74) is 2.06. The Bertz CT molecular complexity index is 1020. The summed E-state index contributed by atoms with van der Waals surface area (Å²) in [5.74, 6) is 0.181. The number of H-pyrrole nitrogens is 2. The van der Waals surface area contributed by atoms with Crippen molar-refractivity contribution in [2.45, 2.75) is 46.0 Å². The average Bonchev–Trinajstić information content (AvgIpc) is 3.14. The number of nitrogens with one attached hydrogen (secondary N) is 2. The lowest BCUT2D eigenvalue weighted by Crippen LogP contribution is -2.15. The van der Waals surface area contributed by atoms with Crippen molar-refractivity contribution in [1.82, 2.24) is 20.0 Å². The van der Waals surface area contributed by atoms with Gasteiger partial charge in [0.2, 0.25) is 5.82 Å². The number of aryl methyl sites for hydroxylation is 1. The molecule has 2 aromatic heterocycles. The fourth-order valence-corrected chi connectivity index (χ4v) is 2.75. The lowest BCUT2D eigenvalue weighted by atomic mass is 9.90. The minimum Gasteiger partial charge on any atom is -0.293 e. The molecule has 0 unspecified atom stereocenters. The zero-order valence-electron chi connectivity index (χ0n) is 15.3. The Labute approximate surface area is 150 Å². The first-order valence-electron chi connectivity index (χ1n) is 8.42. The highest BCUT2D eigenvalue weighted by atomic mass is 16.1. The minimum atomic E-state index is -0.283. The van der Waals surface area contributed by atoms with Crippen molar-refractivity contribution in [3.63, 3.8) is 0 Å². The smallest absolute Gasteiger partial charge is 0.293 e. The van der Waals surface area contributed by atoms with Crippen molar-refractivity contribution in [1.29, 1.82) is 5.26 Å². The third kappa shape index (κ3) is 3.16. The molecule has 0 amide bonds. The van der Waals surface area contributed by atoms with Crippen LogP contribution in [0, 0.1) is 18.3 Å². The summed E-state index contributed by atoms with van der Waals surface area (Å²) >= 11 is 0. The number of nitrogens with zero attached hydrogens (tertiary/aromatic N) is 5. The van der Waals surface area contributed by atoms with Crippen molar-refractivity contribution in [2.75, 3.05) is 0 Å². The molecule has 3 rings (SSSR count). The first-order valence-corrected chi connectivity index (χ1v) is 8.42. The Morgan fingerprint density at radius 2 is 2.08 bits per heavy atom. The number of azo groups is 1. The third-order valence-electron chi connectivity index (χ3n) is 4.13. The van der Waals surface area contributed by atoms with Gasteiger partial charge in [-0.15, -0.1) is 10.2 Å². The Hall–Kier alpha value is -3.21. The highest BCUT2D eigenvalue weighted by Crippen LogP contribution is 2.30. The van der Waals surface area contributed by atoms with Gasteiger partial charge in [-0.05, 0) is 25.8 Å². The van der Waals surface area contributed by atoms with Crippen molar-refractivity contribution < 1.29 is 0 Å². The van der Waals surface area contributed by atoms with Gasteiger partial charge in [0.15, 0.2) is 5.69 Å². The van der Waals surface area contributed by atoms with Crippen molar-refractivity contribution in [3.8, 4) is 6.07 Å². The van der Waals surface area contributed by atoms with Gasteiger partial charge < -0.3 is 0 Å². The predicted octanol–water partition coefficient (Wildman–Crippen LogP) is 3.98. The van der Waals surface area contributed by atoms with Crippen LogP contribution >= 0.6 is 0 Å². The van der Waals surface area contributed by atoms with E-state index in [1.807, 2.05) is 39.0 Å². The molecule has 26 heavy (non-hydrogen) atoms. The number of hydrogen-bond acceptors (Lipinski definition) is 5. The van der Waals surface area contributed by atoms with Gasteiger partial charge in [0.05, 0.1) is 17.1 Å². The molecule has 0 aliphatic heterocycles. The van der Waals surface area contributed by atoms with Gasteiger partial charge in [-0.25, -0.2) is 4.68 Å². The highest BCUT2D eigenvalue weighted by molar-refractivity contribution is 5.59. The standard InChI is InChI=1S/C18H21N7O/c1-11-14(17(26)25(24-11)12-8-6-5-7-9-12)20-22-16-13(10-19)15(21-23-16)18(2,3)4/h6,8-9,24H,5,7H2,1-4H3,(H,21,23). The highest BCUT2D eigenvalue weighted by Gasteiger charge is 2.24. The van der Waals surface area contributed by atoms with Gasteiger partial charge in [0, 0.05) is 5.41 Å². The van der Waals surface area contributed by atoms with E-state index >= 15 is 0 Å². The van der Waals surface area contributed by atoms with E-state index in [0.717, 1.165) is 18.5 Å². The molecule has 0 bridgehead atoms. The third-order valence-corrected chi connectivity index (χ3v) is 4.13. The Morgan fingerprint density at radius 3 is 2.69 bits per heavy atom. The summed E-state index contributed by atoms with van der Waals surface area (Å²) in [6.45, 7) is 7.68. The predicted molar refractivity (Wildman–Crippen MR) is 98.6 cm³/mol. The molecule has 0 saturated carbocycles. The molecular formula is C18H21N7O. The van der Waals surface area contributed by atoms with E-state index < -0.39 is 0 Å². The van der Waals surface area contributed by atoms with Gasteiger partial charge in [0.25, 0.3) is 5.56 Å². The fraction of sp³-hybridized carbons (Fsp3) is 0.389. The maximum absolute atomic E-state index is 12.6. The number of rotatable bonds is 3. The summed E-state index contributed by atoms with van der Waals surface area (Å²) < 4.78 is 1.45. The van der Waals surface area contributed by atoms with E-state index in [-0.39, 0.29) is 22.5 Å². The van der Waals surface area contributed by atoms with Crippen molar-refractivity contribution in [3.05, 3.63) is 45.5 Å². The Balaban J connectivity index is 1.98. The van der Waals surface area contributed by atoms with Crippen LogP contribution < -0.4 is 5.56 Å². The first-order chi connectivity index (χ1) is 12.3. The van der Waals surface area contributed by atoms with Crippen LogP contribution in [-0.4, -0.2) is 20.0 Å². The summed E-state index contributed by atoms with van der Waals surface area (Å²) in [5, 5.41) is 27.5. The number of hydrogen-bond donors (Lipinski definition) is 2. The van der Waals surface area contributed by atoms with Crippen LogP contribution in [0.15, 0.2) is 33.3 Å². The molecule has 134 valence electrons. The second-order valence-corrected chi connectivity index (χ2v) is 7.19. The molecule has 0 atom stereocenters. The lowest BCUT2D eigenvalue weighted by Gasteiger charge is -2.15.